The minimum Gasteiger partial charge on any atom is -0.469 e. The van der Waals surface area contributed by atoms with Gasteiger partial charge < -0.3 is 66.4 Å². The minimum absolute atomic E-state index is 0. The van der Waals surface area contributed by atoms with Crippen LogP contribution < -0.4 is 0 Å². The van der Waals surface area contributed by atoms with Crippen LogP contribution >= 0.6 is 0 Å². The highest BCUT2D eigenvalue weighted by Crippen LogP contribution is 1.87. The molecule has 0 N–H and O–H groups in total. The van der Waals surface area contributed by atoms with Crippen molar-refractivity contribution < 1.29 is 110 Å². The number of ether oxygens (including phenoxy) is 12. The number of carbonyl (C=O) groups is 11. The molecule has 0 bridgehead atoms. The third kappa shape index (κ3) is 262. The Morgan fingerprint density at radius 3 is 0.583 bits per heavy atom. The lowest BCUT2D eigenvalue weighted by atomic mass is 10.4. The van der Waals surface area contributed by atoms with Gasteiger partial charge in [-0.2, -0.15) is 0 Å². The second-order valence-electron chi connectivity index (χ2n) is 8.78. The molecule has 23 heteroatoms. The summed E-state index contributed by atoms with van der Waals surface area (Å²) in [5.41, 5.74) is 0. The first-order chi connectivity index (χ1) is 28.2. The maximum atomic E-state index is 10.3. The maximum Gasteiger partial charge on any atom is 0.316 e. The topological polar surface area (TPSA) is 299 Å². The largest absolute Gasteiger partial charge is 0.469 e. The van der Waals surface area contributed by atoms with E-state index in [1.54, 1.807) is 28.1 Å². The highest BCUT2D eigenvalue weighted by Gasteiger charge is 2.08. The van der Waals surface area contributed by atoms with Gasteiger partial charge in [-0.05, 0) is 20.8 Å². The van der Waals surface area contributed by atoms with Gasteiger partial charge in [-0.1, -0.05) is 116 Å². The summed E-state index contributed by atoms with van der Waals surface area (Å²) in [7, 11) is 8.03. The van der Waals surface area contributed by atoms with Gasteiger partial charge in [-0.3, -0.25) is 43.2 Å². The lowest BCUT2D eigenvalue weighted by Gasteiger charge is -1.99. The van der Waals surface area contributed by atoms with Crippen molar-refractivity contribution in [3.63, 3.8) is 0 Å². The van der Waals surface area contributed by atoms with Crippen LogP contribution in [0, 0.1) is 0 Å². The van der Waals surface area contributed by atoms with E-state index in [4.69, 9.17) is 14.3 Å². The van der Waals surface area contributed by atoms with Crippen molar-refractivity contribution in [1.29, 1.82) is 0 Å². The third-order valence-corrected chi connectivity index (χ3v) is 3.77. The monoisotopic (exact) mass is 1080 g/mol. The molecule has 0 heterocycles. The summed E-state index contributed by atoms with van der Waals surface area (Å²) in [6.45, 7) is 22.8. The molecule has 454 valence electrons. The van der Waals surface area contributed by atoms with Gasteiger partial charge in [0.25, 0.3) is 0 Å². The predicted octanol–water partition coefficient (Wildman–Crippen LogP) is 10.5. The van der Waals surface area contributed by atoms with E-state index in [1.807, 2.05) is 27.4 Å². The number of hydrogen-bond donors (Lipinski definition) is 0. The molecule has 0 rings (SSSR count). The van der Waals surface area contributed by atoms with Gasteiger partial charge in [0.05, 0.1) is 35.0 Å². The Morgan fingerprint density at radius 2 is 0.514 bits per heavy atom. The van der Waals surface area contributed by atoms with Crippen LogP contribution in [0.5, 0.6) is 0 Å². The summed E-state index contributed by atoms with van der Waals surface area (Å²) in [5, 5.41) is 0. The van der Waals surface area contributed by atoms with Crippen LogP contribution in [0.3, 0.4) is 0 Å². The first-order valence-corrected chi connectivity index (χ1v) is 17.3. The molecule has 23 nitrogen and oxygen atoms in total. The van der Waals surface area contributed by atoms with Crippen molar-refractivity contribution in [1.82, 2.24) is 0 Å². The van der Waals surface area contributed by atoms with Gasteiger partial charge in [-0.25, -0.2) is 0 Å². The Hall–Kier alpha value is -5.55. The molecule has 0 aliphatic rings. The molecule has 0 aromatic heterocycles. The summed E-state index contributed by atoms with van der Waals surface area (Å²) >= 11 is 0. The zero-order valence-corrected chi connectivity index (χ0v) is 38.4. The van der Waals surface area contributed by atoms with Crippen LogP contribution in [0.2, 0.25) is 0 Å². The standard InChI is InChI=1S/4C5H8O4.C5H10O2.C4H10O.C3H8O2.C3H8.2CH2O.12CH4/c2*1-8-4(6)3-5(7)9-2;2*1-4(6)8-3-9-5(2)7;1-3-5(6)7-4-2;1-3-5-4-2;1-4-3-5-2;1-3-2;2*1-2;;;;;;;;;;;;/h4*3H2,1-2H3;3-4H2,1-2H3;3-4H2,1-2H3;3H2,1-2H3;3H2,1-2H3;2*1H2;12*1H4. The van der Waals surface area contributed by atoms with Gasteiger partial charge in [-0.15, -0.1) is 0 Å². The van der Waals surface area contributed by atoms with Crippen molar-refractivity contribution in [2.45, 2.75) is 184 Å². The summed E-state index contributed by atoms with van der Waals surface area (Å²) in [5.74, 6) is -4.30. The molecule has 0 atom stereocenters. The van der Waals surface area contributed by atoms with Crippen LogP contribution in [0.25, 0.3) is 0 Å². The van der Waals surface area contributed by atoms with Gasteiger partial charge in [0.1, 0.15) is 33.2 Å². The van der Waals surface area contributed by atoms with Gasteiger partial charge in [0, 0.05) is 61.5 Å². The molecule has 0 radical (unpaired) electrons. The fraction of sp³-hybridized carbons (Fsp3) is 0.776. The third-order valence-electron chi connectivity index (χ3n) is 3.77. The lowest BCUT2D eigenvalue weighted by Crippen LogP contribution is -2.09. The highest BCUT2D eigenvalue weighted by molar-refractivity contribution is 5.91. The molecule has 0 saturated heterocycles. The van der Waals surface area contributed by atoms with E-state index < -0.39 is 47.8 Å². The van der Waals surface area contributed by atoms with Crippen molar-refractivity contribution in [3.8, 4) is 0 Å². The molecular formula is C49H120O23. The maximum absolute atomic E-state index is 10.3. The number of rotatable bonds is 14. The second kappa shape index (κ2) is 144. The van der Waals surface area contributed by atoms with Crippen LogP contribution in [-0.2, 0) is 110 Å². The fourth-order valence-electron chi connectivity index (χ4n) is 1.50. The average molecular weight is 1080 g/mol. The molecule has 72 heavy (non-hydrogen) atoms. The van der Waals surface area contributed by atoms with Gasteiger partial charge in [0.2, 0.25) is 13.6 Å². The van der Waals surface area contributed by atoms with Crippen molar-refractivity contribution in [2.24, 2.45) is 0 Å². The fourth-order valence-corrected chi connectivity index (χ4v) is 1.50. The predicted molar refractivity (Wildman–Crippen MR) is 293 cm³/mol. The van der Waals surface area contributed by atoms with E-state index in [-0.39, 0.29) is 122 Å². The normalized spacial score (nSPS) is 6.44. The molecule has 0 aliphatic heterocycles. The Labute approximate surface area is 443 Å². The molecular weight excluding hydrogens is 957 g/mol. The summed E-state index contributed by atoms with van der Waals surface area (Å²) in [6, 6.07) is 0. The number of esters is 9. The first-order valence-electron chi connectivity index (χ1n) is 17.3. The quantitative estimate of drug-likeness (QED) is 0.0675. The van der Waals surface area contributed by atoms with E-state index in [1.165, 1.54) is 62.6 Å². The number of methoxy groups -OCH3 is 6. The number of hydrogen-bond acceptors (Lipinski definition) is 23. The minimum atomic E-state index is -0.582. The van der Waals surface area contributed by atoms with E-state index >= 15 is 0 Å². The Bertz CT molecular complexity index is 882. The smallest absolute Gasteiger partial charge is 0.316 e. The van der Waals surface area contributed by atoms with E-state index in [2.05, 4.69) is 66.0 Å². The molecule has 0 saturated carbocycles. The molecule has 0 unspecified atom stereocenters. The molecule has 0 aromatic rings. The zero-order chi connectivity index (χ0) is 49.8. The van der Waals surface area contributed by atoms with E-state index in [9.17, 15) is 43.2 Å². The molecule has 0 spiro atoms. The molecule has 0 amide bonds. The van der Waals surface area contributed by atoms with Crippen LogP contribution in [0.15, 0.2) is 0 Å². The summed E-state index contributed by atoms with van der Waals surface area (Å²) in [6.07, 6.45) is 1.10. The SMILES string of the molecule is C.C.C.C.C.C.C.C.C.C.C.C.C=O.C=O.CC(=O)OCOC(C)=O.CC(=O)OCOC(C)=O.CCC.CCOC(=O)CC.CCOCC.COC(=O)CC(=O)OC.COC(=O)CC(=O)OC.COCOC. The first kappa shape index (κ1) is 144. The Kier molecular flexibility index (Phi) is 288. The van der Waals surface area contributed by atoms with Crippen molar-refractivity contribution in [3.05, 3.63) is 0 Å². The summed E-state index contributed by atoms with van der Waals surface area (Å²) < 4.78 is 52.1. The zero-order valence-electron chi connectivity index (χ0n) is 38.4. The Balaban J connectivity index is -0.0000000194. The van der Waals surface area contributed by atoms with E-state index in [0.717, 1.165) is 13.2 Å². The van der Waals surface area contributed by atoms with Crippen LogP contribution in [-0.4, -0.2) is 150 Å². The van der Waals surface area contributed by atoms with Crippen molar-refractivity contribution in [2.75, 3.05) is 82.9 Å². The average Bonchev–Trinajstić information content (AvgIpc) is 3.21. The number of carbonyl (C=O) groups excluding carboxylic acids is 11. The second-order valence-corrected chi connectivity index (χ2v) is 8.78. The highest BCUT2D eigenvalue weighted by atomic mass is 16.7. The van der Waals surface area contributed by atoms with Gasteiger partial charge >= 0.3 is 53.7 Å². The Morgan fingerprint density at radius 1 is 0.319 bits per heavy atom. The van der Waals surface area contributed by atoms with Gasteiger partial charge in [0.15, 0.2) is 0 Å². The lowest BCUT2D eigenvalue weighted by molar-refractivity contribution is -0.165. The van der Waals surface area contributed by atoms with E-state index in [0.29, 0.717) is 19.8 Å². The molecule has 0 fully saturated rings. The molecule has 0 aliphatic carbocycles. The van der Waals surface area contributed by atoms with Crippen molar-refractivity contribution >= 4 is 67.3 Å². The van der Waals surface area contributed by atoms with Crippen LogP contribution in [0.1, 0.15) is 184 Å². The summed E-state index contributed by atoms with van der Waals surface area (Å²) in [4.78, 5) is 107. The molecule has 0 aromatic carbocycles. The van der Waals surface area contributed by atoms with Crippen LogP contribution in [0.4, 0.5) is 0 Å².